The van der Waals surface area contributed by atoms with Gasteiger partial charge in [0.25, 0.3) is 0 Å². The van der Waals surface area contributed by atoms with Crippen LogP contribution in [0.5, 0.6) is 11.5 Å². The standard InChI is InChI=1S/C23H22ClFN2O2S/c1-28-18-11-9-16(10-12-18)14-27(15-20-21(24)7-4-8-22(20)25)23(30)26-17-5-3-6-19(13-17)29-2/h3-13H,14-15H2,1-2H3,(H,26,30). The Labute approximate surface area is 186 Å². The van der Waals surface area contributed by atoms with Gasteiger partial charge in [-0.25, -0.2) is 4.39 Å². The Hall–Kier alpha value is -2.83. The molecule has 3 rings (SSSR count). The maximum Gasteiger partial charge on any atom is 0.174 e. The van der Waals surface area contributed by atoms with Crippen LogP contribution in [0.25, 0.3) is 0 Å². The van der Waals surface area contributed by atoms with E-state index in [1.54, 1.807) is 26.4 Å². The molecule has 3 aromatic rings. The molecule has 0 amide bonds. The van der Waals surface area contributed by atoms with E-state index < -0.39 is 0 Å². The zero-order chi connectivity index (χ0) is 21.5. The summed E-state index contributed by atoms with van der Waals surface area (Å²) in [5, 5.41) is 4.01. The number of hydrogen-bond acceptors (Lipinski definition) is 3. The molecule has 156 valence electrons. The van der Waals surface area contributed by atoms with Gasteiger partial charge in [0.15, 0.2) is 5.11 Å². The average molecular weight is 445 g/mol. The second-order valence-corrected chi connectivity index (χ2v) is 7.36. The maximum atomic E-state index is 14.4. The molecule has 0 fully saturated rings. The van der Waals surface area contributed by atoms with Crippen molar-refractivity contribution in [2.75, 3.05) is 19.5 Å². The van der Waals surface area contributed by atoms with Gasteiger partial charge in [0.1, 0.15) is 17.3 Å². The normalized spacial score (nSPS) is 10.4. The summed E-state index contributed by atoms with van der Waals surface area (Å²) in [6.45, 7) is 0.678. The van der Waals surface area contributed by atoms with Gasteiger partial charge in [-0.2, -0.15) is 0 Å². The zero-order valence-corrected chi connectivity index (χ0v) is 18.3. The second kappa shape index (κ2) is 10.3. The molecule has 0 heterocycles. The fourth-order valence-electron chi connectivity index (χ4n) is 2.93. The predicted molar refractivity (Wildman–Crippen MR) is 123 cm³/mol. The first-order valence-corrected chi connectivity index (χ1v) is 10.0. The number of nitrogens with one attached hydrogen (secondary N) is 1. The molecule has 0 atom stereocenters. The van der Waals surface area contributed by atoms with Gasteiger partial charge < -0.3 is 19.7 Å². The highest BCUT2D eigenvalue weighted by atomic mass is 35.5. The minimum absolute atomic E-state index is 0.216. The summed E-state index contributed by atoms with van der Waals surface area (Å²) < 4.78 is 24.9. The third-order valence-corrected chi connectivity index (χ3v) is 5.27. The van der Waals surface area contributed by atoms with E-state index >= 15 is 0 Å². The lowest BCUT2D eigenvalue weighted by Gasteiger charge is -2.27. The lowest BCUT2D eigenvalue weighted by Crippen LogP contribution is -2.34. The average Bonchev–Trinajstić information content (AvgIpc) is 2.76. The molecular formula is C23H22ClFN2O2S. The van der Waals surface area contributed by atoms with Gasteiger partial charge in [0, 0.05) is 35.4 Å². The predicted octanol–water partition coefficient (Wildman–Crippen LogP) is 5.90. The smallest absolute Gasteiger partial charge is 0.174 e. The summed E-state index contributed by atoms with van der Waals surface area (Å²) in [5.41, 5.74) is 2.17. The summed E-state index contributed by atoms with van der Waals surface area (Å²) in [6, 6.07) is 19.7. The fourth-order valence-corrected chi connectivity index (χ4v) is 3.40. The van der Waals surface area contributed by atoms with E-state index in [0.717, 1.165) is 17.0 Å². The molecule has 0 aliphatic carbocycles. The topological polar surface area (TPSA) is 33.7 Å². The van der Waals surface area contributed by atoms with E-state index in [-0.39, 0.29) is 12.4 Å². The minimum Gasteiger partial charge on any atom is -0.497 e. The largest absolute Gasteiger partial charge is 0.497 e. The first-order chi connectivity index (χ1) is 14.5. The third-order valence-electron chi connectivity index (χ3n) is 4.55. The van der Waals surface area contributed by atoms with Crippen molar-refractivity contribution >= 4 is 34.6 Å². The number of anilines is 1. The number of nitrogens with zero attached hydrogens (tertiary/aromatic N) is 1. The molecule has 0 unspecified atom stereocenters. The summed E-state index contributed by atoms with van der Waals surface area (Å²) in [5.74, 6) is 1.10. The van der Waals surface area contributed by atoms with Crippen LogP contribution in [0.3, 0.4) is 0 Å². The third kappa shape index (κ3) is 5.62. The number of ether oxygens (including phenoxy) is 2. The Balaban J connectivity index is 1.85. The van der Waals surface area contributed by atoms with Crippen molar-refractivity contribution < 1.29 is 13.9 Å². The number of hydrogen-bond donors (Lipinski definition) is 1. The molecule has 0 spiro atoms. The van der Waals surface area contributed by atoms with Crippen LogP contribution in [-0.2, 0) is 13.1 Å². The van der Waals surface area contributed by atoms with E-state index in [1.165, 1.54) is 6.07 Å². The Morgan fingerprint density at radius 2 is 1.67 bits per heavy atom. The summed E-state index contributed by atoms with van der Waals surface area (Å²) in [6.07, 6.45) is 0. The van der Waals surface area contributed by atoms with Crippen molar-refractivity contribution in [2.45, 2.75) is 13.1 Å². The van der Waals surface area contributed by atoms with Crippen LogP contribution >= 0.6 is 23.8 Å². The highest BCUT2D eigenvalue weighted by Gasteiger charge is 2.16. The first kappa shape index (κ1) is 21.9. The Morgan fingerprint density at radius 1 is 0.967 bits per heavy atom. The molecule has 0 aromatic heterocycles. The Kier molecular flexibility index (Phi) is 7.49. The number of thiocarbonyl (C=S) groups is 1. The van der Waals surface area contributed by atoms with Crippen LogP contribution in [-0.4, -0.2) is 24.2 Å². The fraction of sp³-hybridized carbons (Fsp3) is 0.174. The summed E-state index contributed by atoms with van der Waals surface area (Å²) >= 11 is 11.9. The van der Waals surface area contributed by atoms with Crippen molar-refractivity contribution in [2.24, 2.45) is 0 Å². The highest BCUT2D eigenvalue weighted by Crippen LogP contribution is 2.24. The van der Waals surface area contributed by atoms with Crippen molar-refractivity contribution in [3.8, 4) is 11.5 Å². The van der Waals surface area contributed by atoms with Gasteiger partial charge in [-0.3, -0.25) is 0 Å². The van der Waals surface area contributed by atoms with E-state index in [4.69, 9.17) is 33.3 Å². The van der Waals surface area contributed by atoms with E-state index in [9.17, 15) is 4.39 Å². The van der Waals surface area contributed by atoms with Crippen LogP contribution in [0.4, 0.5) is 10.1 Å². The maximum absolute atomic E-state index is 14.4. The van der Waals surface area contributed by atoms with Gasteiger partial charge in [0.2, 0.25) is 0 Å². The molecule has 0 saturated carbocycles. The molecule has 4 nitrogen and oxygen atoms in total. The van der Waals surface area contributed by atoms with Gasteiger partial charge in [-0.05, 0) is 54.2 Å². The zero-order valence-electron chi connectivity index (χ0n) is 16.7. The van der Waals surface area contributed by atoms with Crippen LogP contribution < -0.4 is 14.8 Å². The van der Waals surface area contributed by atoms with Gasteiger partial charge in [-0.1, -0.05) is 35.9 Å². The quantitative estimate of drug-likeness (QED) is 0.459. The van der Waals surface area contributed by atoms with Crippen LogP contribution in [0.15, 0.2) is 66.7 Å². The molecule has 0 aliphatic rings. The monoisotopic (exact) mass is 444 g/mol. The van der Waals surface area contributed by atoms with E-state index in [1.807, 2.05) is 53.4 Å². The van der Waals surface area contributed by atoms with Crippen molar-refractivity contribution in [1.29, 1.82) is 0 Å². The van der Waals surface area contributed by atoms with Gasteiger partial charge in [0.05, 0.1) is 14.2 Å². The molecular weight excluding hydrogens is 423 g/mol. The SMILES string of the molecule is COc1ccc(CN(Cc2c(F)cccc2Cl)C(=S)Nc2cccc(OC)c2)cc1. The molecule has 7 heteroatoms. The first-order valence-electron chi connectivity index (χ1n) is 9.26. The Bertz CT molecular complexity index is 994. The molecule has 3 aromatic carbocycles. The molecule has 0 saturated heterocycles. The summed E-state index contributed by atoms with van der Waals surface area (Å²) in [4.78, 5) is 1.86. The number of methoxy groups -OCH3 is 2. The molecule has 1 N–H and O–H groups in total. The highest BCUT2D eigenvalue weighted by molar-refractivity contribution is 7.80. The van der Waals surface area contributed by atoms with Gasteiger partial charge in [-0.15, -0.1) is 0 Å². The van der Waals surface area contributed by atoms with Crippen molar-refractivity contribution in [3.63, 3.8) is 0 Å². The lowest BCUT2D eigenvalue weighted by molar-refractivity contribution is 0.400. The van der Waals surface area contributed by atoms with Crippen molar-refractivity contribution in [3.05, 3.63) is 88.7 Å². The molecule has 0 aliphatic heterocycles. The molecule has 0 radical (unpaired) electrons. The van der Waals surface area contributed by atoms with Gasteiger partial charge >= 0.3 is 0 Å². The number of halogens is 2. The van der Waals surface area contributed by atoms with E-state index in [2.05, 4.69) is 5.32 Å². The molecule has 0 bridgehead atoms. The van der Waals surface area contributed by atoms with Crippen LogP contribution in [0.1, 0.15) is 11.1 Å². The number of rotatable bonds is 7. The Morgan fingerprint density at radius 3 is 2.33 bits per heavy atom. The number of benzene rings is 3. The summed E-state index contributed by atoms with van der Waals surface area (Å²) in [7, 11) is 3.22. The van der Waals surface area contributed by atoms with Crippen LogP contribution in [0, 0.1) is 5.82 Å². The molecule has 30 heavy (non-hydrogen) atoms. The van der Waals surface area contributed by atoms with E-state index in [0.29, 0.717) is 28.0 Å². The van der Waals surface area contributed by atoms with Crippen LogP contribution in [0.2, 0.25) is 5.02 Å². The lowest BCUT2D eigenvalue weighted by atomic mass is 10.1. The van der Waals surface area contributed by atoms with Crippen molar-refractivity contribution in [1.82, 2.24) is 4.90 Å². The second-order valence-electron chi connectivity index (χ2n) is 6.57. The minimum atomic E-state index is -0.369.